The Balaban J connectivity index is 1.95. The third kappa shape index (κ3) is 45.2. The minimum atomic E-state index is -2.24. The second-order valence-electron chi connectivity index (χ2n) is 39.4. The first kappa shape index (κ1) is 125. The molecular weight excluding hydrogens is 1920 g/mol. The molecule has 1 aliphatic rings. The number of benzene rings is 2. The Morgan fingerprint density at radius 2 is 0.925 bits per heavy atom. The Morgan fingerprint density at radius 3 is 1.44 bits per heavy atom. The van der Waals surface area contributed by atoms with Gasteiger partial charge in [0.05, 0.1) is 25.6 Å². The Labute approximate surface area is 853 Å². The number of fused-ring (bicyclic) bond motifs is 1. The van der Waals surface area contributed by atoms with Crippen molar-refractivity contribution in [1.82, 2.24) is 90.1 Å². The highest BCUT2D eigenvalue weighted by atomic mass is 16.4. The van der Waals surface area contributed by atoms with Crippen LogP contribution in [0.15, 0.2) is 72.9 Å². The molecule has 0 spiro atoms. The normalized spacial score (nSPS) is 21.1. The highest BCUT2D eigenvalue weighted by Crippen LogP contribution is 2.25. The van der Waals surface area contributed by atoms with Crippen molar-refractivity contribution in [3.05, 3.63) is 84.1 Å². The van der Waals surface area contributed by atoms with Crippen LogP contribution in [0.1, 0.15) is 248 Å². The van der Waals surface area contributed by atoms with Gasteiger partial charge in [0.25, 0.3) is 0 Å². The average molecular weight is 2070 g/mol. The van der Waals surface area contributed by atoms with Crippen LogP contribution in [0.3, 0.4) is 0 Å². The van der Waals surface area contributed by atoms with E-state index < -0.39 is 302 Å². The van der Waals surface area contributed by atoms with Crippen molar-refractivity contribution >= 4 is 141 Å². The van der Waals surface area contributed by atoms with E-state index in [9.17, 15) is 87.9 Å². The molecule has 0 fully saturated rings. The fourth-order valence-corrected chi connectivity index (χ4v) is 16.3. The van der Waals surface area contributed by atoms with Gasteiger partial charge in [-0.05, 0) is 171 Å². The van der Waals surface area contributed by atoms with Crippen LogP contribution >= 0.6 is 0 Å². The molecule has 0 saturated carbocycles. The van der Waals surface area contributed by atoms with Crippen LogP contribution in [0.5, 0.6) is 0 Å². The number of carbonyl (C=O) groups excluding carboxylic acids is 19. The quantitative estimate of drug-likeness (QED) is 0.0217. The van der Waals surface area contributed by atoms with E-state index in [1.807, 2.05) is 0 Å². The van der Waals surface area contributed by atoms with Gasteiger partial charge in [-0.2, -0.15) is 0 Å². The maximum absolute atomic E-state index is 15.6. The number of rotatable bonds is 49. The van der Waals surface area contributed by atoms with Crippen molar-refractivity contribution in [2.75, 3.05) is 13.2 Å². The first-order chi connectivity index (χ1) is 69.1. The number of aliphatic hydroxyl groups excluding tert-OH is 2. The van der Waals surface area contributed by atoms with Gasteiger partial charge < -0.3 is 139 Å². The maximum Gasteiger partial charge on any atom is 0.305 e. The molecule has 4 rings (SSSR count). The molecule has 0 radical (unpaired) electrons. The van der Waals surface area contributed by atoms with E-state index in [2.05, 4.69) is 90.1 Å². The standard InChI is InChI=1S/C99H153N21O27/c1-53(2)43-68(105-58(10)123)87(137)115-75(52-121)92(142)108-64(34-37-76(101)124)84(134)107-65(35-38-78(126)127)86(136)118-81(57(9)122)95(145)114-72(47-59-29-21-20-22-30-59)94(144)120-99(12)41-27-19-17-15-13-14-16-18-26-40-98(11,96(146)116-66(36-39-79(128)129)85(135)109-67(82(103)132)49-77(102)125)119-93(143)71(46-56(7)8)112-88(138)69(44-54(3)4)110-83(133)63(33-25-28-42-100)106-90(140)73(48-60-51-104-62-32-24-23-31-61(60)62)113-89(139)70(45-55(5)6)111-91(141)74(50-80(130)131)117-97(99)147/h14,16,20-24,29-32,51,53-57,63-75,81,104,121-122H,13,15,17-19,25-28,33-50,52,100H2,1-12H3,(H2,101,124)(H2,102,125)(H2,103,132)(H,105,123)(H,106,140)(H,107,134)(H,108,142)(H,109,135)(H,110,133)(H,111,141)(H,112,138)(H,113,139)(H,114,145)(H,115,137)(H,116,146)(H,117,147)(H,118,136)(H,119,143)(H,120,144)(H,126,127)(H,128,129)(H,130,131)/b16-14-/t57-,63+,64+,65+,66+,67+,68+,69+,70+,71+,72+,73+,74+,75+,81+,98+,99-/m1/s1. The largest absolute Gasteiger partial charge is 0.481 e. The number of aromatic nitrogens is 1. The number of allylic oxidation sites excluding steroid dienone is 2. The number of nitrogens with two attached hydrogens (primary N) is 4. The fraction of sp³-hybridized carbons (Fsp3) is 0.616. The van der Waals surface area contributed by atoms with Crippen LogP contribution in [0.25, 0.3) is 10.9 Å². The molecule has 0 bridgehead atoms. The summed E-state index contributed by atoms with van der Waals surface area (Å²) in [6, 6.07) is -9.24. The molecule has 0 unspecified atom stereocenters. The fourth-order valence-electron chi connectivity index (χ4n) is 16.3. The lowest BCUT2D eigenvalue weighted by Gasteiger charge is -2.34. The highest BCUT2D eigenvalue weighted by Gasteiger charge is 2.45. The molecule has 3 aromatic rings. The van der Waals surface area contributed by atoms with Gasteiger partial charge in [-0.25, -0.2) is 0 Å². The highest BCUT2D eigenvalue weighted by molar-refractivity contribution is 6.03. The number of primary amides is 3. The first-order valence-electron chi connectivity index (χ1n) is 49.7. The molecule has 48 heteroatoms. The van der Waals surface area contributed by atoms with Crippen LogP contribution in [0, 0.1) is 23.7 Å². The molecule has 2 aromatic carbocycles. The number of aliphatic hydroxyl groups is 2. The zero-order chi connectivity index (χ0) is 110. The molecule has 19 amide bonds. The van der Waals surface area contributed by atoms with Gasteiger partial charge in [-0.1, -0.05) is 135 Å². The third-order valence-electron chi connectivity index (χ3n) is 24.3. The Hall–Kier alpha value is -14.1. The number of nitrogens with one attached hydrogen (secondary N) is 17. The van der Waals surface area contributed by atoms with Crippen LogP contribution < -0.4 is 108 Å². The summed E-state index contributed by atoms with van der Waals surface area (Å²) >= 11 is 0. The minimum absolute atomic E-state index is 0.0579. The molecule has 0 aliphatic carbocycles. The summed E-state index contributed by atoms with van der Waals surface area (Å²) in [5.41, 5.74) is 19.4. The van der Waals surface area contributed by atoms with Crippen LogP contribution in [-0.4, -0.2) is 276 Å². The third-order valence-corrected chi connectivity index (χ3v) is 24.3. The van der Waals surface area contributed by atoms with Crippen LogP contribution in [-0.2, 0) is 118 Å². The predicted octanol–water partition coefficient (Wildman–Crippen LogP) is -1.89. The van der Waals surface area contributed by atoms with E-state index in [0.717, 1.165) is 13.8 Å². The molecule has 147 heavy (non-hydrogen) atoms. The number of unbranched alkanes of at least 4 members (excludes halogenated alkanes) is 1. The van der Waals surface area contributed by atoms with Gasteiger partial charge in [0.2, 0.25) is 112 Å². The monoisotopic (exact) mass is 2070 g/mol. The summed E-state index contributed by atoms with van der Waals surface area (Å²) in [4.78, 5) is 312. The lowest BCUT2D eigenvalue weighted by Crippen LogP contribution is -2.65. The SMILES string of the molecule is CC(=O)N[C@@H](CC(C)C)C(=O)N[C@@H](CO)C(=O)N[C@@H](CCC(N)=O)C(=O)N[C@@H](CCC(=O)O)C(=O)N[C@H](C(=O)N[C@@H](Cc1ccccc1)C(=O)N[C@]1(C)CCCCCC/C=C\CCC[C@@](C)(C(=O)N[C@@H](CCC(=O)O)C(=O)N[C@@H](CC(N)=O)C(N)=O)NC(=O)[C@H](CC(C)C)NC(=O)[C@H](CC(C)C)NC(=O)[C@H](CCCCN)NC(=O)[C@H](Cc2c[nH]c3ccccc23)NC(=O)[C@H](CC(C)C)NC(=O)[C@H](CC(=O)O)NC1=O)[C@@H](C)O. The molecule has 17 atom stereocenters. The number of para-hydroxylation sites is 1. The summed E-state index contributed by atoms with van der Waals surface area (Å²) < 4.78 is 0. The second-order valence-corrected chi connectivity index (χ2v) is 39.4. The molecule has 1 aliphatic heterocycles. The zero-order valence-corrected chi connectivity index (χ0v) is 85.7. The molecule has 30 N–H and O–H groups in total. The van der Waals surface area contributed by atoms with Crippen molar-refractivity contribution in [3.8, 4) is 0 Å². The minimum Gasteiger partial charge on any atom is -0.481 e. The van der Waals surface area contributed by atoms with Crippen molar-refractivity contribution in [3.63, 3.8) is 0 Å². The number of amides is 19. The van der Waals surface area contributed by atoms with Crippen molar-refractivity contribution < 1.29 is 131 Å². The Bertz CT molecular complexity index is 5050. The molecule has 2 heterocycles. The molecule has 48 nitrogen and oxygen atoms in total. The smallest absolute Gasteiger partial charge is 0.305 e. The molecular formula is C99H153N21O27. The number of carboxylic acids is 3. The molecule has 0 saturated heterocycles. The van der Waals surface area contributed by atoms with Crippen molar-refractivity contribution in [1.29, 1.82) is 0 Å². The number of carboxylic acid groups (broad SMARTS) is 3. The second kappa shape index (κ2) is 62.7. The molecule has 1 aromatic heterocycles. The topological polar surface area (TPSA) is 789 Å². The lowest BCUT2D eigenvalue weighted by molar-refractivity contribution is -0.143. The molecule has 816 valence electrons. The van der Waals surface area contributed by atoms with E-state index in [-0.39, 0.29) is 108 Å². The number of hydrogen-bond donors (Lipinski definition) is 26. The first-order valence-corrected chi connectivity index (χ1v) is 49.7. The number of aliphatic carboxylic acids is 3. The van der Waals surface area contributed by atoms with Gasteiger partial charge >= 0.3 is 17.9 Å². The Morgan fingerprint density at radius 1 is 0.456 bits per heavy atom. The average Bonchev–Trinajstić information content (AvgIpc) is 1.27. The summed E-state index contributed by atoms with van der Waals surface area (Å²) in [5.74, 6) is -26.4. The van der Waals surface area contributed by atoms with Gasteiger partial charge in [0, 0.05) is 56.1 Å². The number of aromatic amines is 1. The number of hydrogen-bond acceptors (Lipinski definition) is 25. The summed E-state index contributed by atoms with van der Waals surface area (Å²) in [6.45, 7) is 17.6. The van der Waals surface area contributed by atoms with Gasteiger partial charge in [-0.3, -0.25) is 105 Å². The van der Waals surface area contributed by atoms with Crippen LogP contribution in [0.4, 0.5) is 0 Å². The van der Waals surface area contributed by atoms with Crippen LogP contribution in [0.2, 0.25) is 0 Å². The predicted molar refractivity (Wildman–Crippen MR) is 536 cm³/mol. The van der Waals surface area contributed by atoms with E-state index >= 15 is 43.2 Å². The van der Waals surface area contributed by atoms with Gasteiger partial charge in [0.15, 0.2) is 0 Å². The zero-order valence-electron chi connectivity index (χ0n) is 85.7. The summed E-state index contributed by atoms with van der Waals surface area (Å²) in [6.07, 6.45) is -2.20. The summed E-state index contributed by atoms with van der Waals surface area (Å²) in [7, 11) is 0. The van der Waals surface area contributed by atoms with Crippen molar-refractivity contribution in [2.24, 2.45) is 46.6 Å². The van der Waals surface area contributed by atoms with E-state index in [1.54, 1.807) is 128 Å². The lowest BCUT2D eigenvalue weighted by atomic mass is 9.91. The van der Waals surface area contributed by atoms with Gasteiger partial charge in [-0.15, -0.1) is 0 Å². The van der Waals surface area contributed by atoms with E-state index in [0.29, 0.717) is 47.7 Å². The number of carbonyl (C=O) groups is 22. The van der Waals surface area contributed by atoms with E-state index in [4.69, 9.17) is 22.9 Å². The van der Waals surface area contributed by atoms with Gasteiger partial charge in [0.1, 0.15) is 95.7 Å². The maximum atomic E-state index is 15.6. The van der Waals surface area contributed by atoms with Crippen molar-refractivity contribution in [2.45, 2.75) is 352 Å². The number of H-pyrrole nitrogens is 1. The van der Waals surface area contributed by atoms with E-state index in [1.165, 1.54) is 13.8 Å². The Kier molecular flexibility index (Phi) is 53.4. The summed E-state index contributed by atoms with van der Waals surface area (Å²) in [5, 5.41) is 93.0.